The molecule has 6 heteroatoms. The van der Waals surface area contributed by atoms with Crippen LogP contribution in [-0.4, -0.2) is 32.8 Å². The number of anilines is 1. The molecule has 1 fully saturated rings. The molecule has 0 amide bonds. The molecule has 4 rings (SSSR count). The van der Waals surface area contributed by atoms with Gasteiger partial charge in [0.25, 0.3) is 0 Å². The number of aromatic nitrogens is 4. The first-order valence-electron chi connectivity index (χ1n) is 7.52. The van der Waals surface area contributed by atoms with Gasteiger partial charge >= 0.3 is 0 Å². The predicted octanol–water partition coefficient (Wildman–Crippen LogP) is 2.94. The van der Waals surface area contributed by atoms with E-state index in [1.165, 1.54) is 31.4 Å². The highest BCUT2D eigenvalue weighted by Gasteiger charge is 2.18. The van der Waals surface area contributed by atoms with Crippen LogP contribution in [0.15, 0.2) is 36.8 Å². The number of hydrogen-bond donors (Lipinski definition) is 0. The molecule has 0 radical (unpaired) electrons. The summed E-state index contributed by atoms with van der Waals surface area (Å²) in [7, 11) is 0. The average Bonchev–Trinajstić information content (AvgIpc) is 3.00. The smallest absolute Gasteiger partial charge is 0.168 e. The Morgan fingerprint density at radius 1 is 0.955 bits per heavy atom. The molecule has 112 valence electrons. The van der Waals surface area contributed by atoms with Gasteiger partial charge in [-0.2, -0.15) is 5.10 Å². The average molecular weight is 297 g/mol. The van der Waals surface area contributed by atoms with Crippen LogP contribution in [-0.2, 0) is 0 Å². The Balaban J connectivity index is 1.80. The summed E-state index contributed by atoms with van der Waals surface area (Å²) in [6.07, 6.45) is 7.03. The zero-order chi connectivity index (χ0) is 14.9. The van der Waals surface area contributed by atoms with E-state index in [4.69, 9.17) is 0 Å². The van der Waals surface area contributed by atoms with Crippen LogP contribution < -0.4 is 4.90 Å². The maximum Gasteiger partial charge on any atom is 0.168 e. The molecule has 0 saturated carbocycles. The van der Waals surface area contributed by atoms with E-state index < -0.39 is 0 Å². The minimum atomic E-state index is -0.260. The molecular weight excluding hydrogens is 281 g/mol. The summed E-state index contributed by atoms with van der Waals surface area (Å²) in [4.78, 5) is 11.1. The van der Waals surface area contributed by atoms with Gasteiger partial charge in [0.1, 0.15) is 18.0 Å². The van der Waals surface area contributed by atoms with E-state index >= 15 is 0 Å². The lowest BCUT2D eigenvalue weighted by atomic mass is 10.1. The van der Waals surface area contributed by atoms with E-state index in [1.807, 2.05) is 0 Å². The molecule has 0 aliphatic carbocycles. The lowest BCUT2D eigenvalue weighted by Crippen LogP contribution is -2.30. The first-order valence-corrected chi connectivity index (χ1v) is 7.52. The standard InChI is InChI=1S/C16H16FN5/c17-12-4-6-13(7-5-12)22-16-14(10-20-22)15(18-11-19-16)21-8-2-1-3-9-21/h4-7,10-11H,1-3,8-9H2. The lowest BCUT2D eigenvalue weighted by molar-refractivity contribution is 0.574. The van der Waals surface area contributed by atoms with Crippen molar-refractivity contribution in [2.45, 2.75) is 19.3 Å². The van der Waals surface area contributed by atoms with Crippen molar-refractivity contribution in [3.63, 3.8) is 0 Å². The first-order chi connectivity index (χ1) is 10.8. The number of benzene rings is 1. The highest BCUT2D eigenvalue weighted by molar-refractivity contribution is 5.87. The molecule has 3 heterocycles. The summed E-state index contributed by atoms with van der Waals surface area (Å²) in [5.74, 6) is 0.682. The monoisotopic (exact) mass is 297 g/mol. The van der Waals surface area contributed by atoms with Crippen molar-refractivity contribution in [1.29, 1.82) is 0 Å². The van der Waals surface area contributed by atoms with Crippen molar-refractivity contribution in [2.24, 2.45) is 0 Å². The van der Waals surface area contributed by atoms with Crippen LogP contribution >= 0.6 is 0 Å². The summed E-state index contributed by atoms with van der Waals surface area (Å²) in [6.45, 7) is 2.04. The van der Waals surface area contributed by atoms with Gasteiger partial charge in [0.2, 0.25) is 0 Å². The Kier molecular flexibility index (Phi) is 3.21. The van der Waals surface area contributed by atoms with E-state index in [0.717, 1.165) is 35.6 Å². The van der Waals surface area contributed by atoms with Gasteiger partial charge in [-0.25, -0.2) is 19.0 Å². The maximum atomic E-state index is 13.1. The van der Waals surface area contributed by atoms with Crippen LogP contribution in [0.2, 0.25) is 0 Å². The fourth-order valence-corrected chi connectivity index (χ4v) is 2.96. The topological polar surface area (TPSA) is 46.8 Å². The second kappa shape index (κ2) is 5.36. The summed E-state index contributed by atoms with van der Waals surface area (Å²) in [6, 6.07) is 6.25. The number of piperidine rings is 1. The predicted molar refractivity (Wildman–Crippen MR) is 82.7 cm³/mol. The van der Waals surface area contributed by atoms with Crippen molar-refractivity contribution in [2.75, 3.05) is 18.0 Å². The molecule has 3 aromatic rings. The summed E-state index contributed by atoms with van der Waals surface area (Å²) < 4.78 is 14.8. The quantitative estimate of drug-likeness (QED) is 0.729. The van der Waals surface area contributed by atoms with Crippen LogP contribution in [0.3, 0.4) is 0 Å². The van der Waals surface area contributed by atoms with Crippen LogP contribution in [0.25, 0.3) is 16.7 Å². The SMILES string of the molecule is Fc1ccc(-n2ncc3c(N4CCCCC4)ncnc32)cc1. The van der Waals surface area contributed by atoms with E-state index in [0.29, 0.717) is 0 Å². The van der Waals surface area contributed by atoms with Gasteiger partial charge in [-0.15, -0.1) is 0 Å². The van der Waals surface area contributed by atoms with Crippen LogP contribution in [0.5, 0.6) is 0 Å². The van der Waals surface area contributed by atoms with Crippen LogP contribution in [0.1, 0.15) is 19.3 Å². The van der Waals surface area contributed by atoms with E-state index in [2.05, 4.69) is 20.0 Å². The van der Waals surface area contributed by atoms with E-state index in [-0.39, 0.29) is 5.82 Å². The van der Waals surface area contributed by atoms with Crippen LogP contribution in [0.4, 0.5) is 10.2 Å². The minimum absolute atomic E-state index is 0.260. The number of nitrogens with zero attached hydrogens (tertiary/aromatic N) is 5. The van der Waals surface area contributed by atoms with Crippen LogP contribution in [0, 0.1) is 5.82 Å². The molecule has 2 aromatic heterocycles. The zero-order valence-electron chi connectivity index (χ0n) is 12.1. The molecule has 0 bridgehead atoms. The summed E-state index contributed by atoms with van der Waals surface area (Å²) in [5, 5.41) is 5.35. The lowest BCUT2D eigenvalue weighted by Gasteiger charge is -2.27. The molecule has 1 aromatic carbocycles. The molecule has 0 atom stereocenters. The van der Waals surface area contributed by atoms with Gasteiger partial charge < -0.3 is 4.90 Å². The molecule has 1 saturated heterocycles. The molecule has 1 aliphatic rings. The van der Waals surface area contributed by atoms with Gasteiger partial charge in [0.05, 0.1) is 17.3 Å². The van der Waals surface area contributed by atoms with Crippen molar-refractivity contribution in [3.05, 3.63) is 42.6 Å². The minimum Gasteiger partial charge on any atom is -0.356 e. The third-order valence-electron chi connectivity index (χ3n) is 4.07. The van der Waals surface area contributed by atoms with Gasteiger partial charge in [-0.05, 0) is 43.5 Å². The number of hydrogen-bond acceptors (Lipinski definition) is 4. The fourth-order valence-electron chi connectivity index (χ4n) is 2.96. The normalized spacial score (nSPS) is 15.4. The van der Waals surface area contributed by atoms with E-state index in [9.17, 15) is 4.39 Å². The second-order valence-electron chi connectivity index (χ2n) is 5.52. The van der Waals surface area contributed by atoms with Gasteiger partial charge in [0.15, 0.2) is 5.65 Å². The zero-order valence-corrected chi connectivity index (χ0v) is 12.1. The molecule has 0 N–H and O–H groups in total. The molecule has 0 spiro atoms. The van der Waals surface area contributed by atoms with Gasteiger partial charge in [-0.3, -0.25) is 0 Å². The van der Waals surface area contributed by atoms with Crippen molar-refractivity contribution in [1.82, 2.24) is 19.7 Å². The molecular formula is C16H16FN5. The molecule has 22 heavy (non-hydrogen) atoms. The Morgan fingerprint density at radius 3 is 2.50 bits per heavy atom. The Hall–Kier alpha value is -2.50. The number of fused-ring (bicyclic) bond motifs is 1. The number of rotatable bonds is 2. The van der Waals surface area contributed by atoms with Crippen molar-refractivity contribution < 1.29 is 4.39 Å². The third kappa shape index (κ3) is 2.20. The molecule has 1 aliphatic heterocycles. The largest absolute Gasteiger partial charge is 0.356 e. The van der Waals surface area contributed by atoms with E-state index in [1.54, 1.807) is 29.3 Å². The van der Waals surface area contributed by atoms with Gasteiger partial charge in [0, 0.05) is 13.1 Å². The highest BCUT2D eigenvalue weighted by atomic mass is 19.1. The Morgan fingerprint density at radius 2 is 1.73 bits per heavy atom. The maximum absolute atomic E-state index is 13.1. The Labute approximate surface area is 127 Å². The number of halogens is 1. The highest BCUT2D eigenvalue weighted by Crippen LogP contribution is 2.26. The third-order valence-corrected chi connectivity index (χ3v) is 4.07. The van der Waals surface area contributed by atoms with Crippen molar-refractivity contribution in [3.8, 4) is 5.69 Å². The van der Waals surface area contributed by atoms with Gasteiger partial charge in [-0.1, -0.05) is 0 Å². The molecule has 5 nitrogen and oxygen atoms in total. The molecule has 0 unspecified atom stereocenters. The summed E-state index contributed by atoms with van der Waals surface area (Å²) >= 11 is 0. The first kappa shape index (κ1) is 13.2. The van der Waals surface area contributed by atoms with Crippen molar-refractivity contribution >= 4 is 16.9 Å². The fraction of sp³-hybridized carbons (Fsp3) is 0.312. The Bertz CT molecular complexity index is 790. The summed E-state index contributed by atoms with van der Waals surface area (Å²) in [5.41, 5.74) is 1.54. The second-order valence-corrected chi connectivity index (χ2v) is 5.52.